The van der Waals surface area contributed by atoms with Crippen LogP contribution in [0.2, 0.25) is 5.02 Å². The second kappa shape index (κ2) is 11.7. The Morgan fingerprint density at radius 3 is 2.60 bits per heavy atom. The first-order chi connectivity index (χ1) is 12.0. The number of carboxylic acids is 1. The molecule has 1 aromatic rings. The van der Waals surface area contributed by atoms with E-state index >= 15 is 0 Å². The van der Waals surface area contributed by atoms with Crippen molar-refractivity contribution < 1.29 is 19.4 Å². The number of hydrogen-bond donors (Lipinski definition) is 2. The van der Waals surface area contributed by atoms with Crippen LogP contribution in [0.5, 0.6) is 5.75 Å². The number of nitrogens with zero attached hydrogens (tertiary/aromatic N) is 1. The molecule has 1 rings (SSSR count). The number of carboxylic acid groups (broad SMARTS) is 1. The van der Waals surface area contributed by atoms with Gasteiger partial charge in [0.05, 0.1) is 6.42 Å². The van der Waals surface area contributed by atoms with Crippen LogP contribution in [0.25, 0.3) is 0 Å². The summed E-state index contributed by atoms with van der Waals surface area (Å²) in [6.07, 6.45) is 0.390. The molecular formula is C18H27ClN2O4. The molecule has 0 saturated heterocycles. The van der Waals surface area contributed by atoms with E-state index in [2.05, 4.69) is 24.1 Å². The first-order valence-corrected chi connectivity index (χ1v) is 8.96. The number of aliphatic carboxylic acids is 1. The van der Waals surface area contributed by atoms with Gasteiger partial charge in [-0.15, -0.1) is 0 Å². The SMILES string of the molecule is CCN(CC)CCOc1ccc(Cl)cc1CCNC(=O)CCC(=O)O. The zero-order valence-corrected chi connectivity index (χ0v) is 15.6. The van der Waals surface area contributed by atoms with E-state index in [-0.39, 0.29) is 18.7 Å². The van der Waals surface area contributed by atoms with Crippen molar-refractivity contribution in [2.24, 2.45) is 0 Å². The van der Waals surface area contributed by atoms with Gasteiger partial charge in [0.25, 0.3) is 0 Å². The Morgan fingerprint density at radius 1 is 1.24 bits per heavy atom. The Kier molecular flexibility index (Phi) is 9.96. The maximum absolute atomic E-state index is 11.6. The number of halogens is 1. The molecule has 1 aromatic carbocycles. The Hall–Kier alpha value is -1.79. The maximum atomic E-state index is 11.6. The fraction of sp³-hybridized carbons (Fsp3) is 0.556. The molecule has 0 spiro atoms. The summed E-state index contributed by atoms with van der Waals surface area (Å²) < 4.78 is 5.87. The van der Waals surface area contributed by atoms with Crippen LogP contribution in [-0.4, -0.2) is 54.7 Å². The standard InChI is InChI=1S/C18H27ClN2O4/c1-3-21(4-2)11-12-25-16-6-5-15(19)13-14(16)9-10-20-17(22)7-8-18(23)24/h5-6,13H,3-4,7-12H2,1-2H3,(H,20,22)(H,23,24). The molecule has 7 heteroatoms. The number of nitrogens with one attached hydrogen (secondary N) is 1. The van der Waals surface area contributed by atoms with Crippen molar-refractivity contribution in [2.75, 3.05) is 32.8 Å². The number of amides is 1. The van der Waals surface area contributed by atoms with E-state index in [9.17, 15) is 9.59 Å². The molecule has 0 aromatic heterocycles. The highest BCUT2D eigenvalue weighted by atomic mass is 35.5. The first kappa shape index (κ1) is 21.3. The molecule has 0 aliphatic carbocycles. The van der Waals surface area contributed by atoms with Crippen molar-refractivity contribution >= 4 is 23.5 Å². The molecule has 0 bridgehead atoms. The lowest BCUT2D eigenvalue weighted by atomic mass is 10.1. The topological polar surface area (TPSA) is 78.9 Å². The predicted molar refractivity (Wildman–Crippen MR) is 98.3 cm³/mol. The molecule has 0 heterocycles. The molecule has 140 valence electrons. The smallest absolute Gasteiger partial charge is 0.303 e. The second-order valence-corrected chi connectivity index (χ2v) is 6.06. The van der Waals surface area contributed by atoms with Gasteiger partial charge < -0.3 is 20.1 Å². The van der Waals surface area contributed by atoms with Crippen LogP contribution in [-0.2, 0) is 16.0 Å². The Morgan fingerprint density at radius 2 is 1.96 bits per heavy atom. The Bertz CT molecular complexity index is 562. The number of carbonyl (C=O) groups is 2. The van der Waals surface area contributed by atoms with Gasteiger partial charge in [0.2, 0.25) is 5.91 Å². The van der Waals surface area contributed by atoms with Gasteiger partial charge in [-0.25, -0.2) is 0 Å². The van der Waals surface area contributed by atoms with Crippen molar-refractivity contribution in [3.63, 3.8) is 0 Å². The van der Waals surface area contributed by atoms with E-state index in [1.54, 1.807) is 6.07 Å². The minimum Gasteiger partial charge on any atom is -0.492 e. The molecule has 6 nitrogen and oxygen atoms in total. The highest BCUT2D eigenvalue weighted by molar-refractivity contribution is 6.30. The summed E-state index contributed by atoms with van der Waals surface area (Å²) in [5.74, 6) is -0.487. The summed E-state index contributed by atoms with van der Waals surface area (Å²) in [5.41, 5.74) is 0.922. The van der Waals surface area contributed by atoms with E-state index < -0.39 is 5.97 Å². The van der Waals surface area contributed by atoms with Crippen LogP contribution in [0, 0.1) is 0 Å². The van der Waals surface area contributed by atoms with Crippen molar-refractivity contribution in [3.05, 3.63) is 28.8 Å². The quantitative estimate of drug-likeness (QED) is 0.591. The summed E-state index contributed by atoms with van der Waals surface area (Å²) in [5, 5.41) is 11.9. The summed E-state index contributed by atoms with van der Waals surface area (Å²) in [4.78, 5) is 24.3. The summed E-state index contributed by atoms with van der Waals surface area (Å²) >= 11 is 6.06. The van der Waals surface area contributed by atoms with Crippen LogP contribution in [0.4, 0.5) is 0 Å². The molecule has 0 saturated carbocycles. The van der Waals surface area contributed by atoms with Gasteiger partial charge in [0.1, 0.15) is 12.4 Å². The van der Waals surface area contributed by atoms with Gasteiger partial charge in [-0.05, 0) is 43.3 Å². The summed E-state index contributed by atoms with van der Waals surface area (Å²) in [6, 6.07) is 5.45. The number of hydrogen-bond acceptors (Lipinski definition) is 4. The highest BCUT2D eigenvalue weighted by Crippen LogP contribution is 2.23. The largest absolute Gasteiger partial charge is 0.492 e. The lowest BCUT2D eigenvalue weighted by molar-refractivity contribution is -0.138. The van der Waals surface area contributed by atoms with Gasteiger partial charge >= 0.3 is 5.97 Å². The van der Waals surface area contributed by atoms with E-state index in [0.717, 1.165) is 30.9 Å². The molecule has 0 fully saturated rings. The summed E-state index contributed by atoms with van der Waals surface area (Å²) in [6.45, 7) is 8.04. The van der Waals surface area contributed by atoms with Crippen LogP contribution in [0.3, 0.4) is 0 Å². The first-order valence-electron chi connectivity index (χ1n) is 8.58. The van der Waals surface area contributed by atoms with Crippen LogP contribution in [0.15, 0.2) is 18.2 Å². The average molecular weight is 371 g/mol. The van der Waals surface area contributed by atoms with E-state index in [1.165, 1.54) is 0 Å². The van der Waals surface area contributed by atoms with Crippen molar-refractivity contribution in [1.82, 2.24) is 10.2 Å². The third-order valence-corrected chi connectivity index (χ3v) is 4.10. The number of ether oxygens (including phenoxy) is 1. The predicted octanol–water partition coefficient (Wildman–Crippen LogP) is 2.58. The minimum atomic E-state index is -0.978. The van der Waals surface area contributed by atoms with Crippen molar-refractivity contribution in [2.45, 2.75) is 33.1 Å². The number of rotatable bonds is 12. The molecule has 0 aliphatic heterocycles. The van der Waals surface area contributed by atoms with Gasteiger partial charge in [-0.2, -0.15) is 0 Å². The van der Waals surface area contributed by atoms with Gasteiger partial charge in [-0.3, -0.25) is 9.59 Å². The lowest BCUT2D eigenvalue weighted by Gasteiger charge is -2.19. The van der Waals surface area contributed by atoms with E-state index in [1.807, 2.05) is 12.1 Å². The molecular weight excluding hydrogens is 344 g/mol. The van der Waals surface area contributed by atoms with Crippen LogP contribution >= 0.6 is 11.6 Å². The Balaban J connectivity index is 2.50. The van der Waals surface area contributed by atoms with E-state index in [0.29, 0.717) is 24.6 Å². The van der Waals surface area contributed by atoms with Crippen molar-refractivity contribution in [3.8, 4) is 5.75 Å². The number of benzene rings is 1. The second-order valence-electron chi connectivity index (χ2n) is 5.62. The Labute approximate surface area is 154 Å². The third kappa shape index (κ3) is 8.74. The monoisotopic (exact) mass is 370 g/mol. The fourth-order valence-electron chi connectivity index (χ4n) is 2.35. The molecule has 2 N–H and O–H groups in total. The minimum absolute atomic E-state index is 0.0158. The average Bonchev–Trinajstić information content (AvgIpc) is 2.58. The van der Waals surface area contributed by atoms with Gasteiger partial charge in [-0.1, -0.05) is 25.4 Å². The molecule has 0 atom stereocenters. The van der Waals surface area contributed by atoms with Gasteiger partial charge in [0, 0.05) is 24.5 Å². The lowest BCUT2D eigenvalue weighted by Crippen LogP contribution is -2.28. The molecule has 1 amide bonds. The molecule has 0 aliphatic rings. The van der Waals surface area contributed by atoms with E-state index in [4.69, 9.17) is 21.4 Å². The molecule has 25 heavy (non-hydrogen) atoms. The highest BCUT2D eigenvalue weighted by Gasteiger charge is 2.08. The van der Waals surface area contributed by atoms with Gasteiger partial charge in [0.15, 0.2) is 0 Å². The zero-order valence-electron chi connectivity index (χ0n) is 14.9. The van der Waals surface area contributed by atoms with Crippen LogP contribution in [0.1, 0.15) is 32.3 Å². The zero-order chi connectivity index (χ0) is 18.7. The molecule has 0 unspecified atom stereocenters. The fourth-order valence-corrected chi connectivity index (χ4v) is 2.55. The number of carbonyl (C=O) groups excluding carboxylic acids is 1. The van der Waals surface area contributed by atoms with Crippen LogP contribution < -0.4 is 10.1 Å². The number of likely N-dealkylation sites (N-methyl/N-ethyl adjacent to an activating group) is 1. The van der Waals surface area contributed by atoms with Crippen molar-refractivity contribution in [1.29, 1.82) is 0 Å². The summed E-state index contributed by atoms with van der Waals surface area (Å²) in [7, 11) is 0. The maximum Gasteiger partial charge on any atom is 0.303 e. The normalized spacial score (nSPS) is 10.7. The third-order valence-electron chi connectivity index (χ3n) is 3.86. The molecule has 0 radical (unpaired) electrons.